The van der Waals surface area contributed by atoms with Gasteiger partial charge in [-0.2, -0.15) is 0 Å². The van der Waals surface area contributed by atoms with E-state index in [1.807, 2.05) is 0 Å². The summed E-state index contributed by atoms with van der Waals surface area (Å²) in [5.74, 6) is 2.51. The number of hydrogen-bond donors (Lipinski definition) is 1. The third-order valence-electron chi connectivity index (χ3n) is 5.11. The van der Waals surface area contributed by atoms with Crippen molar-refractivity contribution in [3.05, 3.63) is 18.2 Å². The molecule has 2 atom stereocenters. The van der Waals surface area contributed by atoms with Gasteiger partial charge in [0.05, 0.1) is 12.0 Å². The van der Waals surface area contributed by atoms with Gasteiger partial charge in [0.1, 0.15) is 0 Å². The van der Waals surface area contributed by atoms with Crippen molar-refractivity contribution in [1.29, 1.82) is 0 Å². The molecule has 2 saturated carbocycles. The lowest BCUT2D eigenvalue weighted by atomic mass is 9.87. The van der Waals surface area contributed by atoms with Gasteiger partial charge in [-0.1, -0.05) is 6.92 Å². The van der Waals surface area contributed by atoms with Gasteiger partial charge in [0.25, 0.3) is 0 Å². The minimum Gasteiger partial charge on any atom is -0.334 e. The second-order valence-corrected chi connectivity index (χ2v) is 6.69. The van der Waals surface area contributed by atoms with Crippen molar-refractivity contribution in [1.82, 2.24) is 9.55 Å². The summed E-state index contributed by atoms with van der Waals surface area (Å²) >= 11 is 0. The van der Waals surface area contributed by atoms with Crippen LogP contribution >= 0.6 is 0 Å². The van der Waals surface area contributed by atoms with E-state index in [0.29, 0.717) is 6.04 Å². The van der Waals surface area contributed by atoms with E-state index in [9.17, 15) is 0 Å². The lowest BCUT2D eigenvalue weighted by Crippen LogP contribution is -2.15. The van der Waals surface area contributed by atoms with E-state index in [1.54, 1.807) is 0 Å². The zero-order valence-corrected chi connectivity index (χ0v) is 12.1. The summed E-state index contributed by atoms with van der Waals surface area (Å²) in [6.07, 6.45) is 13.6. The largest absolute Gasteiger partial charge is 0.334 e. The van der Waals surface area contributed by atoms with E-state index >= 15 is 0 Å². The fourth-order valence-electron chi connectivity index (χ4n) is 3.59. The normalized spacial score (nSPS) is 34.4. The van der Waals surface area contributed by atoms with Crippen LogP contribution in [-0.4, -0.2) is 16.1 Å². The lowest BCUT2D eigenvalue weighted by Gasteiger charge is -2.26. The minimum atomic E-state index is 0.707. The Hall–Kier alpha value is -0.830. The molecule has 0 aliphatic heterocycles. The van der Waals surface area contributed by atoms with Gasteiger partial charge in [0.15, 0.2) is 0 Å². The number of nitrogens with two attached hydrogens (primary N) is 1. The molecule has 0 bridgehead atoms. The molecule has 2 unspecified atom stereocenters. The Labute approximate surface area is 116 Å². The van der Waals surface area contributed by atoms with E-state index in [2.05, 4.69) is 29.0 Å². The number of hydrogen-bond acceptors (Lipinski definition) is 2. The Morgan fingerprint density at radius 3 is 2.84 bits per heavy atom. The summed E-state index contributed by atoms with van der Waals surface area (Å²) in [7, 11) is 0. The number of rotatable bonds is 5. The molecule has 3 nitrogen and oxygen atoms in total. The van der Waals surface area contributed by atoms with Gasteiger partial charge < -0.3 is 10.3 Å². The highest BCUT2D eigenvalue weighted by atomic mass is 15.1. The molecule has 0 amide bonds. The molecule has 19 heavy (non-hydrogen) atoms. The van der Waals surface area contributed by atoms with Crippen molar-refractivity contribution in [3.63, 3.8) is 0 Å². The maximum absolute atomic E-state index is 5.58. The smallest absolute Gasteiger partial charge is 0.0952 e. The van der Waals surface area contributed by atoms with Crippen LogP contribution in [0.4, 0.5) is 0 Å². The summed E-state index contributed by atoms with van der Waals surface area (Å²) in [6, 6.07) is 0.707. The zero-order valence-electron chi connectivity index (χ0n) is 12.1. The predicted molar refractivity (Wildman–Crippen MR) is 78.0 cm³/mol. The van der Waals surface area contributed by atoms with Crippen molar-refractivity contribution >= 4 is 0 Å². The third-order valence-corrected chi connectivity index (χ3v) is 5.11. The Kier molecular flexibility index (Phi) is 3.92. The molecule has 1 aromatic rings. The topological polar surface area (TPSA) is 43.8 Å². The molecule has 0 spiro atoms. The minimum absolute atomic E-state index is 0.707. The Balaban J connectivity index is 1.55. The van der Waals surface area contributed by atoms with Crippen molar-refractivity contribution in [2.24, 2.45) is 17.6 Å². The molecule has 106 valence electrons. The average Bonchev–Trinajstić information content (AvgIpc) is 3.04. The van der Waals surface area contributed by atoms with Crippen molar-refractivity contribution in [2.45, 2.75) is 63.8 Å². The molecular formula is C16H27N3. The Morgan fingerprint density at radius 2 is 2.11 bits per heavy atom. The van der Waals surface area contributed by atoms with Crippen molar-refractivity contribution < 1.29 is 0 Å². The quantitative estimate of drug-likeness (QED) is 0.882. The van der Waals surface area contributed by atoms with Crippen molar-refractivity contribution in [3.8, 4) is 0 Å². The molecule has 2 fully saturated rings. The van der Waals surface area contributed by atoms with Crippen LogP contribution in [0, 0.1) is 11.8 Å². The second-order valence-electron chi connectivity index (χ2n) is 6.69. The highest BCUT2D eigenvalue weighted by molar-refractivity contribution is 5.15. The molecule has 3 rings (SSSR count). The van der Waals surface area contributed by atoms with Crippen LogP contribution in [0.15, 0.2) is 12.5 Å². The molecule has 2 aliphatic rings. The summed E-state index contributed by atoms with van der Waals surface area (Å²) < 4.78 is 2.39. The van der Waals surface area contributed by atoms with Crippen LogP contribution in [-0.2, 0) is 0 Å². The van der Waals surface area contributed by atoms with Gasteiger partial charge in [-0.25, -0.2) is 4.98 Å². The first-order valence-electron chi connectivity index (χ1n) is 8.01. The Morgan fingerprint density at radius 1 is 1.32 bits per heavy atom. The first-order valence-corrected chi connectivity index (χ1v) is 8.01. The zero-order chi connectivity index (χ0) is 13.2. The average molecular weight is 261 g/mol. The van der Waals surface area contributed by atoms with Crippen LogP contribution < -0.4 is 5.73 Å². The fourth-order valence-corrected chi connectivity index (χ4v) is 3.59. The predicted octanol–water partition coefficient (Wildman–Crippen LogP) is 3.48. The number of imidazole rings is 1. The van der Waals surface area contributed by atoms with Crippen LogP contribution in [0.1, 0.15) is 69.5 Å². The van der Waals surface area contributed by atoms with E-state index in [0.717, 1.165) is 24.3 Å². The third kappa shape index (κ3) is 3.02. The van der Waals surface area contributed by atoms with E-state index < -0.39 is 0 Å². The van der Waals surface area contributed by atoms with Gasteiger partial charge in [-0.05, 0) is 63.3 Å². The molecule has 0 radical (unpaired) electrons. The summed E-state index contributed by atoms with van der Waals surface area (Å²) in [4.78, 5) is 4.66. The van der Waals surface area contributed by atoms with Gasteiger partial charge in [0, 0.05) is 18.2 Å². The molecule has 2 aliphatic carbocycles. The van der Waals surface area contributed by atoms with Crippen LogP contribution in [0.25, 0.3) is 0 Å². The lowest BCUT2D eigenvalue weighted by molar-refractivity contribution is 0.289. The van der Waals surface area contributed by atoms with Crippen LogP contribution in [0.2, 0.25) is 0 Å². The SMILES string of the molecule is CC1CCC(n2cnc(C3CC3CCCN)c2)CC1. The van der Waals surface area contributed by atoms with Gasteiger partial charge in [-0.3, -0.25) is 0 Å². The number of aromatic nitrogens is 2. The van der Waals surface area contributed by atoms with E-state index in [4.69, 9.17) is 5.73 Å². The van der Waals surface area contributed by atoms with Gasteiger partial charge in [-0.15, -0.1) is 0 Å². The van der Waals surface area contributed by atoms with E-state index in [1.165, 1.54) is 50.6 Å². The van der Waals surface area contributed by atoms with E-state index in [-0.39, 0.29) is 0 Å². The van der Waals surface area contributed by atoms with Crippen LogP contribution in [0.5, 0.6) is 0 Å². The maximum atomic E-state index is 5.58. The molecular weight excluding hydrogens is 234 g/mol. The molecule has 3 heteroatoms. The highest BCUT2D eigenvalue weighted by Crippen LogP contribution is 2.49. The molecule has 2 N–H and O–H groups in total. The maximum Gasteiger partial charge on any atom is 0.0952 e. The summed E-state index contributed by atoms with van der Waals surface area (Å²) in [6.45, 7) is 3.21. The fraction of sp³-hybridized carbons (Fsp3) is 0.812. The molecule has 0 aromatic carbocycles. The first-order chi connectivity index (χ1) is 9.28. The molecule has 0 saturated heterocycles. The molecule has 1 heterocycles. The van der Waals surface area contributed by atoms with Crippen LogP contribution in [0.3, 0.4) is 0 Å². The highest BCUT2D eigenvalue weighted by Gasteiger charge is 2.39. The number of nitrogens with zero attached hydrogens (tertiary/aromatic N) is 2. The standard InChI is InChI=1S/C16H27N3/c1-12-4-6-14(7-5-12)19-10-16(18-11-19)15-9-13(15)3-2-8-17/h10-15H,2-9,17H2,1H3. The van der Waals surface area contributed by atoms with Gasteiger partial charge in [0.2, 0.25) is 0 Å². The summed E-state index contributed by atoms with van der Waals surface area (Å²) in [5, 5.41) is 0. The van der Waals surface area contributed by atoms with Crippen molar-refractivity contribution in [2.75, 3.05) is 6.54 Å². The monoisotopic (exact) mass is 261 g/mol. The first kappa shape index (κ1) is 13.2. The summed E-state index contributed by atoms with van der Waals surface area (Å²) in [5.41, 5.74) is 6.92. The molecule has 1 aromatic heterocycles. The second kappa shape index (κ2) is 5.66. The Bertz CT molecular complexity index is 404. The van der Waals surface area contributed by atoms with Gasteiger partial charge >= 0.3 is 0 Å².